The molecule has 4 amide bonds. The molecule has 1 heterocycles. The van der Waals surface area contributed by atoms with Crippen LogP contribution in [-0.2, 0) is 0 Å². The zero-order chi connectivity index (χ0) is 18.4. The number of hydrogen-bond donors (Lipinski definition) is 3. The number of likely N-dealkylation sites (tertiary alicyclic amines) is 1. The van der Waals surface area contributed by atoms with Crippen molar-refractivity contribution < 1.29 is 9.59 Å². The van der Waals surface area contributed by atoms with Crippen molar-refractivity contribution >= 4 is 23.4 Å². The van der Waals surface area contributed by atoms with E-state index in [2.05, 4.69) is 16.0 Å². The minimum Gasteiger partial charge on any atom is -0.335 e. The van der Waals surface area contributed by atoms with Crippen LogP contribution in [-0.4, -0.2) is 36.1 Å². The summed E-state index contributed by atoms with van der Waals surface area (Å²) in [5, 5.41) is 8.72. The quantitative estimate of drug-likeness (QED) is 0.786. The number of rotatable bonds is 3. The van der Waals surface area contributed by atoms with E-state index < -0.39 is 0 Å². The number of benzene rings is 2. The normalized spacial score (nSPS) is 14.6. The van der Waals surface area contributed by atoms with Gasteiger partial charge in [-0.1, -0.05) is 30.3 Å². The van der Waals surface area contributed by atoms with E-state index in [4.69, 9.17) is 0 Å². The van der Waals surface area contributed by atoms with Gasteiger partial charge >= 0.3 is 12.1 Å². The number of piperidine rings is 1. The first kappa shape index (κ1) is 17.8. The van der Waals surface area contributed by atoms with Crippen LogP contribution in [0.15, 0.2) is 54.6 Å². The van der Waals surface area contributed by atoms with Gasteiger partial charge in [0.25, 0.3) is 0 Å². The molecule has 1 aliphatic rings. The standard InChI is InChI=1S/C20H24N4O2/c1-15-6-5-9-18(14-15)23-20(26)24-12-10-17(11-13-24)22-19(25)21-16-7-3-2-4-8-16/h2-9,14,17H,10-13H2,1H3,(H,23,26)(H2,21,22,25). The summed E-state index contributed by atoms with van der Waals surface area (Å²) in [5.41, 5.74) is 2.67. The first-order valence-electron chi connectivity index (χ1n) is 8.85. The summed E-state index contributed by atoms with van der Waals surface area (Å²) in [6, 6.07) is 16.9. The van der Waals surface area contributed by atoms with Gasteiger partial charge in [0.2, 0.25) is 0 Å². The summed E-state index contributed by atoms with van der Waals surface area (Å²) in [6.45, 7) is 3.23. The van der Waals surface area contributed by atoms with Gasteiger partial charge in [0.05, 0.1) is 0 Å². The van der Waals surface area contributed by atoms with E-state index in [-0.39, 0.29) is 18.1 Å². The lowest BCUT2D eigenvalue weighted by atomic mass is 10.1. The van der Waals surface area contributed by atoms with E-state index in [1.54, 1.807) is 4.90 Å². The van der Waals surface area contributed by atoms with Crippen molar-refractivity contribution in [2.75, 3.05) is 23.7 Å². The fourth-order valence-electron chi connectivity index (χ4n) is 3.03. The number of para-hydroxylation sites is 1. The second-order valence-corrected chi connectivity index (χ2v) is 6.53. The number of carbonyl (C=O) groups is 2. The summed E-state index contributed by atoms with van der Waals surface area (Å²) in [6.07, 6.45) is 1.48. The van der Waals surface area contributed by atoms with Crippen molar-refractivity contribution in [1.29, 1.82) is 0 Å². The van der Waals surface area contributed by atoms with Gasteiger partial charge in [-0.05, 0) is 49.6 Å². The van der Waals surface area contributed by atoms with Crippen molar-refractivity contribution in [2.24, 2.45) is 0 Å². The number of nitrogens with one attached hydrogen (secondary N) is 3. The van der Waals surface area contributed by atoms with Crippen molar-refractivity contribution in [3.05, 3.63) is 60.2 Å². The second-order valence-electron chi connectivity index (χ2n) is 6.53. The molecule has 0 bridgehead atoms. The van der Waals surface area contributed by atoms with Gasteiger partial charge in [-0.3, -0.25) is 0 Å². The predicted molar refractivity (Wildman–Crippen MR) is 103 cm³/mol. The Kier molecular flexibility index (Phi) is 5.73. The van der Waals surface area contributed by atoms with Gasteiger partial charge in [-0.15, -0.1) is 0 Å². The molecule has 0 saturated carbocycles. The molecule has 0 radical (unpaired) electrons. The Morgan fingerprint density at radius 2 is 1.62 bits per heavy atom. The SMILES string of the molecule is Cc1cccc(NC(=O)N2CCC(NC(=O)Nc3ccccc3)CC2)c1. The number of carbonyl (C=O) groups excluding carboxylic acids is 2. The molecule has 2 aromatic rings. The molecular formula is C20H24N4O2. The van der Waals surface area contributed by atoms with Gasteiger partial charge in [-0.2, -0.15) is 0 Å². The first-order chi connectivity index (χ1) is 12.6. The Balaban J connectivity index is 1.43. The summed E-state index contributed by atoms with van der Waals surface area (Å²) < 4.78 is 0. The van der Waals surface area contributed by atoms with Crippen LogP contribution in [0.25, 0.3) is 0 Å². The molecular weight excluding hydrogens is 328 g/mol. The van der Waals surface area contributed by atoms with E-state index in [0.717, 1.165) is 29.8 Å². The highest BCUT2D eigenvalue weighted by atomic mass is 16.2. The smallest absolute Gasteiger partial charge is 0.321 e. The highest BCUT2D eigenvalue weighted by Crippen LogP contribution is 2.15. The third-order valence-corrected chi connectivity index (χ3v) is 4.42. The molecule has 3 rings (SSSR count). The Bertz CT molecular complexity index is 755. The lowest BCUT2D eigenvalue weighted by molar-refractivity contribution is 0.189. The molecule has 6 heteroatoms. The molecule has 0 aromatic heterocycles. The Morgan fingerprint density at radius 3 is 2.31 bits per heavy atom. The molecule has 0 aliphatic carbocycles. The number of amides is 4. The number of nitrogens with zero attached hydrogens (tertiary/aromatic N) is 1. The van der Waals surface area contributed by atoms with Crippen LogP contribution < -0.4 is 16.0 Å². The predicted octanol–water partition coefficient (Wildman–Crippen LogP) is 3.81. The summed E-state index contributed by atoms with van der Waals surface area (Å²) in [5.74, 6) is 0. The van der Waals surface area contributed by atoms with Gasteiger partial charge < -0.3 is 20.9 Å². The molecule has 1 saturated heterocycles. The number of urea groups is 2. The average Bonchev–Trinajstić information content (AvgIpc) is 2.63. The van der Waals surface area contributed by atoms with Crippen molar-refractivity contribution in [2.45, 2.75) is 25.8 Å². The molecule has 0 spiro atoms. The maximum absolute atomic E-state index is 12.4. The summed E-state index contributed by atoms with van der Waals surface area (Å²) in [7, 11) is 0. The van der Waals surface area contributed by atoms with Gasteiger partial charge in [0.1, 0.15) is 0 Å². The zero-order valence-corrected chi connectivity index (χ0v) is 14.9. The lowest BCUT2D eigenvalue weighted by Gasteiger charge is -2.32. The number of aryl methyl sites for hydroxylation is 1. The molecule has 0 unspecified atom stereocenters. The number of hydrogen-bond acceptors (Lipinski definition) is 2. The highest BCUT2D eigenvalue weighted by molar-refractivity contribution is 5.90. The van der Waals surface area contributed by atoms with Crippen LogP contribution in [0.3, 0.4) is 0 Å². The molecule has 1 fully saturated rings. The van der Waals surface area contributed by atoms with Crippen LogP contribution in [0, 0.1) is 6.92 Å². The van der Waals surface area contributed by atoms with Gasteiger partial charge in [0.15, 0.2) is 0 Å². The Labute approximate surface area is 153 Å². The second kappa shape index (κ2) is 8.38. The molecule has 6 nitrogen and oxygen atoms in total. The zero-order valence-electron chi connectivity index (χ0n) is 14.9. The molecule has 136 valence electrons. The summed E-state index contributed by atoms with van der Waals surface area (Å²) >= 11 is 0. The van der Waals surface area contributed by atoms with Crippen molar-refractivity contribution in [3.8, 4) is 0 Å². The van der Waals surface area contributed by atoms with E-state index in [1.807, 2.05) is 61.5 Å². The van der Waals surface area contributed by atoms with Crippen LogP contribution in [0.1, 0.15) is 18.4 Å². The first-order valence-corrected chi connectivity index (χ1v) is 8.85. The van der Waals surface area contributed by atoms with E-state index in [1.165, 1.54) is 0 Å². The van der Waals surface area contributed by atoms with Gasteiger partial charge in [-0.25, -0.2) is 9.59 Å². The van der Waals surface area contributed by atoms with Crippen LogP contribution in [0.4, 0.5) is 21.0 Å². The van der Waals surface area contributed by atoms with E-state index in [9.17, 15) is 9.59 Å². The van der Waals surface area contributed by atoms with E-state index >= 15 is 0 Å². The molecule has 1 aliphatic heterocycles. The Morgan fingerprint density at radius 1 is 0.923 bits per heavy atom. The topological polar surface area (TPSA) is 73.5 Å². The minimum absolute atomic E-state index is 0.0710. The van der Waals surface area contributed by atoms with Crippen LogP contribution >= 0.6 is 0 Å². The highest BCUT2D eigenvalue weighted by Gasteiger charge is 2.23. The van der Waals surface area contributed by atoms with Crippen molar-refractivity contribution in [1.82, 2.24) is 10.2 Å². The molecule has 2 aromatic carbocycles. The number of anilines is 2. The average molecular weight is 352 g/mol. The monoisotopic (exact) mass is 352 g/mol. The maximum Gasteiger partial charge on any atom is 0.321 e. The fourth-order valence-corrected chi connectivity index (χ4v) is 3.03. The molecule has 3 N–H and O–H groups in total. The minimum atomic E-state index is -0.209. The Hall–Kier alpha value is -3.02. The van der Waals surface area contributed by atoms with Gasteiger partial charge in [0, 0.05) is 30.5 Å². The molecule has 0 atom stereocenters. The molecule has 26 heavy (non-hydrogen) atoms. The maximum atomic E-state index is 12.4. The van der Waals surface area contributed by atoms with Crippen LogP contribution in [0.2, 0.25) is 0 Å². The van der Waals surface area contributed by atoms with Crippen molar-refractivity contribution in [3.63, 3.8) is 0 Å². The third kappa shape index (κ3) is 4.99. The van der Waals surface area contributed by atoms with E-state index in [0.29, 0.717) is 13.1 Å². The fraction of sp³-hybridized carbons (Fsp3) is 0.300. The third-order valence-electron chi connectivity index (χ3n) is 4.42. The summed E-state index contributed by atoms with van der Waals surface area (Å²) in [4.78, 5) is 26.2. The lowest BCUT2D eigenvalue weighted by Crippen LogP contribution is -2.48. The van der Waals surface area contributed by atoms with Crippen LogP contribution in [0.5, 0.6) is 0 Å². The largest absolute Gasteiger partial charge is 0.335 e.